The maximum absolute atomic E-state index is 4.34. The van der Waals surface area contributed by atoms with Crippen molar-refractivity contribution in [2.75, 3.05) is 7.05 Å². The van der Waals surface area contributed by atoms with Crippen molar-refractivity contribution in [2.24, 2.45) is 0 Å². The fraction of sp³-hybridized carbons (Fsp3) is 0.143. The molecule has 0 aliphatic carbocycles. The summed E-state index contributed by atoms with van der Waals surface area (Å²) in [6, 6.07) is 3.89. The molecule has 2 aromatic heterocycles. The van der Waals surface area contributed by atoms with Crippen LogP contribution >= 0.6 is 0 Å². The van der Waals surface area contributed by atoms with Crippen molar-refractivity contribution >= 4 is 16.7 Å². The van der Waals surface area contributed by atoms with Crippen LogP contribution in [0.5, 0.6) is 0 Å². The largest absolute Gasteiger partial charge is 0.392 e. The molecule has 0 fully saturated rings. The molecule has 0 unspecified atom stereocenters. The van der Waals surface area contributed by atoms with Crippen molar-refractivity contribution in [3.05, 3.63) is 55.0 Å². The van der Waals surface area contributed by atoms with Crippen molar-refractivity contribution in [2.45, 2.75) is 6.92 Å². The highest BCUT2D eigenvalue weighted by molar-refractivity contribution is 5.79. The van der Waals surface area contributed by atoms with Gasteiger partial charge < -0.3 is 5.32 Å². The van der Waals surface area contributed by atoms with Crippen LogP contribution in [0.4, 0.5) is 0 Å². The number of nitrogens with zero attached hydrogens (tertiary/aromatic N) is 3. The number of hydrogen-bond acceptors (Lipinski definition) is 3. The molecule has 0 aliphatic heterocycles. The van der Waals surface area contributed by atoms with Crippen molar-refractivity contribution in [1.82, 2.24) is 20.1 Å². The summed E-state index contributed by atoms with van der Waals surface area (Å²) >= 11 is 0. The number of fused-ring (bicyclic) bond motifs is 1. The summed E-state index contributed by atoms with van der Waals surface area (Å²) in [5.41, 5.74) is 2.79. The highest BCUT2D eigenvalue weighted by Gasteiger charge is 2.04. The molecule has 0 atom stereocenters. The van der Waals surface area contributed by atoms with Gasteiger partial charge in [0, 0.05) is 24.3 Å². The van der Waals surface area contributed by atoms with Crippen LogP contribution in [-0.2, 0) is 0 Å². The van der Waals surface area contributed by atoms with Crippen molar-refractivity contribution in [3.63, 3.8) is 0 Å². The summed E-state index contributed by atoms with van der Waals surface area (Å²) in [6.07, 6.45) is 9.26. The van der Waals surface area contributed by atoms with Crippen molar-refractivity contribution < 1.29 is 0 Å². The summed E-state index contributed by atoms with van der Waals surface area (Å²) in [5.74, 6) is 0. The van der Waals surface area contributed by atoms with E-state index in [1.54, 1.807) is 23.2 Å². The van der Waals surface area contributed by atoms with Gasteiger partial charge in [-0.3, -0.25) is 0 Å². The van der Waals surface area contributed by atoms with Gasteiger partial charge >= 0.3 is 0 Å². The highest BCUT2D eigenvalue weighted by Crippen LogP contribution is 2.15. The summed E-state index contributed by atoms with van der Waals surface area (Å²) in [5, 5.41) is 8.41. The molecule has 0 saturated carbocycles. The topological polar surface area (TPSA) is 42.7 Å². The molecule has 2 heterocycles. The average molecular weight is 240 g/mol. The zero-order valence-corrected chi connectivity index (χ0v) is 10.6. The number of allylic oxidation sites excluding steroid dienone is 5. The molecule has 2 aromatic rings. The summed E-state index contributed by atoms with van der Waals surface area (Å²) in [6.45, 7) is 5.82. The minimum absolute atomic E-state index is 0.833. The molecule has 0 saturated heterocycles. The maximum Gasteiger partial charge on any atom is 0.162 e. The quantitative estimate of drug-likeness (QED) is 0.835. The van der Waals surface area contributed by atoms with Gasteiger partial charge in [0.1, 0.15) is 0 Å². The van der Waals surface area contributed by atoms with Crippen LogP contribution < -0.4 is 5.32 Å². The maximum atomic E-state index is 4.34. The van der Waals surface area contributed by atoms with Gasteiger partial charge in [-0.2, -0.15) is 5.10 Å². The van der Waals surface area contributed by atoms with Crippen molar-refractivity contribution in [1.29, 1.82) is 0 Å². The monoisotopic (exact) mass is 240 g/mol. The third-order valence-corrected chi connectivity index (χ3v) is 2.68. The normalized spacial score (nSPS) is 12.8. The zero-order chi connectivity index (χ0) is 13.0. The molecule has 18 heavy (non-hydrogen) atoms. The first-order chi connectivity index (χ1) is 8.76. The lowest BCUT2D eigenvalue weighted by molar-refractivity contribution is 0.925. The molecule has 0 spiro atoms. The molecule has 0 aliphatic rings. The predicted molar refractivity (Wildman–Crippen MR) is 74.8 cm³/mol. The van der Waals surface area contributed by atoms with Gasteiger partial charge in [0.15, 0.2) is 5.65 Å². The predicted octanol–water partition coefficient (Wildman–Crippen LogP) is 2.58. The first-order valence-corrected chi connectivity index (χ1v) is 5.74. The standard InChI is InChI=1S/C14H16N4/c1-4-13(8-7-11(2)15-3)18-14-12(10-17-18)6-5-9-16-14/h4-10,15H,1H2,2-3H3/b11-7+,13-8+. The Balaban J connectivity index is 2.48. The number of pyridine rings is 1. The second-order valence-corrected chi connectivity index (χ2v) is 3.87. The fourth-order valence-corrected chi connectivity index (χ4v) is 1.57. The van der Waals surface area contributed by atoms with E-state index in [1.165, 1.54) is 0 Å². The number of aromatic nitrogens is 3. The summed E-state index contributed by atoms with van der Waals surface area (Å²) < 4.78 is 1.78. The van der Waals surface area contributed by atoms with E-state index in [4.69, 9.17) is 0 Å². The minimum Gasteiger partial charge on any atom is -0.392 e. The average Bonchev–Trinajstić information content (AvgIpc) is 2.83. The highest BCUT2D eigenvalue weighted by atomic mass is 15.3. The van der Waals surface area contributed by atoms with Gasteiger partial charge in [-0.25, -0.2) is 9.67 Å². The molecular weight excluding hydrogens is 224 g/mol. The Hall–Kier alpha value is -2.36. The van der Waals surface area contributed by atoms with Gasteiger partial charge in [-0.05, 0) is 37.3 Å². The molecule has 0 bridgehead atoms. The molecule has 1 N–H and O–H groups in total. The van der Waals surface area contributed by atoms with Crippen LogP contribution in [0.2, 0.25) is 0 Å². The number of rotatable bonds is 4. The lowest BCUT2D eigenvalue weighted by Gasteiger charge is -2.03. The third kappa shape index (κ3) is 2.32. The van der Waals surface area contributed by atoms with Crippen LogP contribution in [0.15, 0.2) is 55.0 Å². The second kappa shape index (κ2) is 5.31. The first-order valence-electron chi connectivity index (χ1n) is 5.74. The van der Waals surface area contributed by atoms with E-state index in [0.717, 1.165) is 22.4 Å². The van der Waals surface area contributed by atoms with E-state index in [0.29, 0.717) is 0 Å². The van der Waals surface area contributed by atoms with Gasteiger partial charge in [0.05, 0.1) is 11.9 Å². The van der Waals surface area contributed by atoms with Gasteiger partial charge in [0.25, 0.3) is 0 Å². The van der Waals surface area contributed by atoms with Gasteiger partial charge in [0.2, 0.25) is 0 Å². The molecule has 0 aromatic carbocycles. The first kappa shape index (κ1) is 12.1. The Morgan fingerprint density at radius 3 is 3.00 bits per heavy atom. The molecule has 0 radical (unpaired) electrons. The van der Waals surface area contributed by atoms with Crippen LogP contribution in [-0.4, -0.2) is 21.8 Å². The van der Waals surface area contributed by atoms with E-state index in [1.807, 2.05) is 38.3 Å². The number of nitrogens with one attached hydrogen (secondary N) is 1. The van der Waals surface area contributed by atoms with E-state index in [-0.39, 0.29) is 0 Å². The zero-order valence-electron chi connectivity index (χ0n) is 10.6. The lowest BCUT2D eigenvalue weighted by Crippen LogP contribution is -2.01. The van der Waals surface area contributed by atoms with E-state index in [9.17, 15) is 0 Å². The van der Waals surface area contributed by atoms with Crippen LogP contribution in [0.3, 0.4) is 0 Å². The van der Waals surface area contributed by atoms with Gasteiger partial charge in [-0.15, -0.1) is 0 Å². The van der Waals surface area contributed by atoms with Crippen LogP contribution in [0, 0.1) is 0 Å². The molecule has 92 valence electrons. The van der Waals surface area contributed by atoms with E-state index in [2.05, 4.69) is 22.0 Å². The van der Waals surface area contributed by atoms with Gasteiger partial charge in [-0.1, -0.05) is 6.58 Å². The molecule has 0 amide bonds. The summed E-state index contributed by atoms with van der Waals surface area (Å²) in [7, 11) is 1.89. The Morgan fingerprint density at radius 1 is 1.44 bits per heavy atom. The van der Waals surface area contributed by atoms with Crippen LogP contribution in [0.25, 0.3) is 16.7 Å². The van der Waals surface area contributed by atoms with Crippen LogP contribution in [0.1, 0.15) is 6.92 Å². The third-order valence-electron chi connectivity index (χ3n) is 2.68. The van der Waals surface area contributed by atoms with Crippen molar-refractivity contribution in [3.8, 4) is 0 Å². The summed E-state index contributed by atoms with van der Waals surface area (Å²) in [4.78, 5) is 4.33. The van der Waals surface area contributed by atoms with E-state index >= 15 is 0 Å². The lowest BCUT2D eigenvalue weighted by atomic mass is 10.3. The second-order valence-electron chi connectivity index (χ2n) is 3.87. The Labute approximate surface area is 106 Å². The van der Waals surface area contributed by atoms with E-state index < -0.39 is 0 Å². The molecule has 2 rings (SSSR count). The fourth-order valence-electron chi connectivity index (χ4n) is 1.57. The SMILES string of the molecule is C=C/C(=C\C=C(/C)NC)n1ncc2cccnc21. The Kier molecular flexibility index (Phi) is 3.57. The molecule has 4 heteroatoms. The Morgan fingerprint density at radius 2 is 2.28 bits per heavy atom. The molecular formula is C14H16N4. The number of hydrogen-bond donors (Lipinski definition) is 1. The Bertz CT molecular complexity index is 620. The smallest absolute Gasteiger partial charge is 0.162 e. The molecule has 4 nitrogen and oxygen atoms in total. The minimum atomic E-state index is 0.833.